The second-order valence-electron chi connectivity index (χ2n) is 4.82. The smallest absolute Gasteiger partial charge is 0.127 e. The molecule has 1 aliphatic rings. The van der Waals surface area contributed by atoms with Gasteiger partial charge in [0.1, 0.15) is 13.5 Å². The summed E-state index contributed by atoms with van der Waals surface area (Å²) in [7, 11) is 0.614. The molecule has 0 aromatic heterocycles. The number of rotatable bonds is 0. The molecule has 0 saturated carbocycles. The maximum absolute atomic E-state index is 11.8. The molecule has 1 fully saturated rings. The molecule has 3 heteroatoms. The van der Waals surface area contributed by atoms with Crippen LogP contribution in [0, 0.1) is 0 Å². The van der Waals surface area contributed by atoms with Gasteiger partial charge in [0.15, 0.2) is 0 Å². The van der Waals surface area contributed by atoms with Gasteiger partial charge in [0, 0.05) is 13.0 Å². The molecule has 1 saturated heterocycles. The first-order valence-corrected chi connectivity index (χ1v) is 8.45. The van der Waals surface area contributed by atoms with Crippen LogP contribution in [0.3, 0.4) is 0 Å². The van der Waals surface area contributed by atoms with Crippen LogP contribution in [0.4, 0.5) is 0 Å². The highest BCUT2D eigenvalue weighted by molar-refractivity contribution is 7.04. The highest BCUT2D eigenvalue weighted by Crippen LogP contribution is 2.18. The van der Waals surface area contributed by atoms with Crippen molar-refractivity contribution in [3.8, 4) is 0 Å². The lowest BCUT2D eigenvalue weighted by atomic mass is 10.3. The quantitative estimate of drug-likeness (QED) is 0.556. The van der Waals surface area contributed by atoms with Gasteiger partial charge < -0.3 is 9.69 Å². The maximum Gasteiger partial charge on any atom is 0.127 e. The molecule has 0 bridgehead atoms. The van der Waals surface area contributed by atoms with E-state index in [4.69, 9.17) is 0 Å². The van der Waals surface area contributed by atoms with Gasteiger partial charge in [0.2, 0.25) is 0 Å². The molecule has 0 amide bonds. The zero-order valence-electron chi connectivity index (χ0n) is 9.10. The molecular weight excluding hydrogens is 178 g/mol. The van der Waals surface area contributed by atoms with Crippen molar-refractivity contribution in [1.82, 2.24) is 4.90 Å². The molecule has 1 rings (SSSR count). The van der Waals surface area contributed by atoms with Crippen molar-refractivity contribution in [2.75, 3.05) is 20.1 Å². The summed E-state index contributed by atoms with van der Waals surface area (Å²) >= 11 is 0. The van der Waals surface area contributed by atoms with Crippen LogP contribution in [0.2, 0.25) is 19.1 Å². The maximum atomic E-state index is 11.8. The molecule has 0 spiro atoms. The van der Waals surface area contributed by atoms with E-state index in [2.05, 4.69) is 25.0 Å². The Balaban J connectivity index is 2.58. The minimum Gasteiger partial charge on any atom is -0.306 e. The fourth-order valence-corrected chi connectivity index (χ4v) is 4.03. The van der Waals surface area contributed by atoms with E-state index in [-0.39, 0.29) is 0 Å². The Bertz CT molecular complexity index is 191. The molecule has 0 atom stereocenters. The van der Waals surface area contributed by atoms with Crippen LogP contribution in [0.5, 0.6) is 0 Å². The molecule has 0 N–H and O–H groups in total. The monoisotopic (exact) mass is 199 g/mol. The second kappa shape index (κ2) is 4.38. The van der Waals surface area contributed by atoms with Crippen molar-refractivity contribution in [3.63, 3.8) is 0 Å². The third-order valence-corrected chi connectivity index (χ3v) is 6.43. The normalized spacial score (nSPS) is 26.2. The average molecular weight is 199 g/mol. The van der Waals surface area contributed by atoms with Crippen LogP contribution in [0.25, 0.3) is 0 Å². The van der Waals surface area contributed by atoms with Crippen molar-refractivity contribution in [1.29, 1.82) is 0 Å². The first-order chi connectivity index (χ1) is 6.02. The van der Waals surface area contributed by atoms with Gasteiger partial charge in [-0.3, -0.25) is 0 Å². The van der Waals surface area contributed by atoms with Crippen LogP contribution in [0.15, 0.2) is 0 Å². The lowest BCUT2D eigenvalue weighted by molar-refractivity contribution is -0.113. The van der Waals surface area contributed by atoms with Gasteiger partial charge >= 0.3 is 0 Å². The number of carbonyl (C=O) groups is 1. The molecule has 76 valence electrons. The molecule has 0 unspecified atom stereocenters. The first kappa shape index (κ1) is 10.9. The van der Waals surface area contributed by atoms with Gasteiger partial charge in [-0.25, -0.2) is 0 Å². The minimum absolute atomic E-state index is 0.571. The largest absolute Gasteiger partial charge is 0.306 e. The van der Waals surface area contributed by atoms with Crippen molar-refractivity contribution < 1.29 is 4.79 Å². The van der Waals surface area contributed by atoms with Crippen LogP contribution in [-0.2, 0) is 4.79 Å². The minimum atomic E-state index is -1.50. The molecule has 2 nitrogen and oxygen atoms in total. The van der Waals surface area contributed by atoms with Crippen molar-refractivity contribution in [2.24, 2.45) is 0 Å². The van der Waals surface area contributed by atoms with E-state index in [0.717, 1.165) is 19.5 Å². The Morgan fingerprint density at radius 2 is 1.92 bits per heavy atom. The molecule has 1 heterocycles. The summed E-state index contributed by atoms with van der Waals surface area (Å²) in [5.41, 5.74) is 0. The van der Waals surface area contributed by atoms with Crippen molar-refractivity contribution >= 4 is 13.5 Å². The van der Waals surface area contributed by atoms with Crippen LogP contribution in [0.1, 0.15) is 19.3 Å². The molecule has 0 radical (unpaired) electrons. The molecule has 0 aromatic rings. The van der Waals surface area contributed by atoms with Crippen LogP contribution in [-0.4, -0.2) is 38.5 Å². The highest BCUT2D eigenvalue weighted by atomic mass is 28.3. The predicted molar refractivity (Wildman–Crippen MR) is 58.6 cm³/mol. The summed E-state index contributed by atoms with van der Waals surface area (Å²) in [6.45, 7) is 6.58. The second-order valence-corrected chi connectivity index (χ2v) is 9.64. The zero-order chi connectivity index (χ0) is 9.90. The summed E-state index contributed by atoms with van der Waals surface area (Å²) < 4.78 is 0. The predicted octanol–water partition coefficient (Wildman–Crippen LogP) is 1.92. The van der Waals surface area contributed by atoms with E-state index < -0.39 is 8.07 Å². The molecule has 0 aromatic carbocycles. The third-order valence-electron chi connectivity index (χ3n) is 3.07. The summed E-state index contributed by atoms with van der Waals surface area (Å²) in [5.74, 6) is 0. The summed E-state index contributed by atoms with van der Waals surface area (Å²) in [5, 5.41) is 0.571. The zero-order valence-corrected chi connectivity index (χ0v) is 10.1. The fraction of sp³-hybridized carbons (Fsp3) is 0.900. The van der Waals surface area contributed by atoms with E-state index in [1.54, 1.807) is 0 Å². The van der Waals surface area contributed by atoms with E-state index in [1.807, 2.05) is 0 Å². The van der Waals surface area contributed by atoms with E-state index >= 15 is 0 Å². The van der Waals surface area contributed by atoms with Gasteiger partial charge in [0.25, 0.3) is 0 Å². The van der Waals surface area contributed by atoms with Crippen LogP contribution < -0.4 is 0 Å². The number of carbonyl (C=O) groups excluding carboxylic acids is 1. The van der Waals surface area contributed by atoms with Crippen molar-refractivity contribution in [2.45, 2.75) is 38.4 Å². The molecular formula is C10H21NOSi. The summed E-state index contributed by atoms with van der Waals surface area (Å²) in [4.78, 5) is 14.1. The average Bonchev–Trinajstić information content (AvgIpc) is 2.11. The number of hydrogen-bond acceptors (Lipinski definition) is 2. The van der Waals surface area contributed by atoms with Gasteiger partial charge in [0.05, 0.1) is 0 Å². The Labute approximate surface area is 82.3 Å². The van der Waals surface area contributed by atoms with Gasteiger partial charge in [-0.1, -0.05) is 25.6 Å². The Hall–Kier alpha value is -0.153. The molecule has 13 heavy (non-hydrogen) atoms. The SMILES string of the molecule is CN1CCCC[Si](C)(C)C(=O)CC1. The van der Waals surface area contributed by atoms with E-state index in [9.17, 15) is 4.79 Å². The van der Waals surface area contributed by atoms with E-state index in [0.29, 0.717) is 5.41 Å². The first-order valence-electron chi connectivity index (χ1n) is 5.24. The summed E-state index contributed by atoms with van der Waals surface area (Å²) in [6, 6.07) is 1.19. The Morgan fingerprint density at radius 1 is 1.23 bits per heavy atom. The number of nitrogens with zero attached hydrogens (tertiary/aromatic N) is 1. The number of hydrogen-bond donors (Lipinski definition) is 0. The Kier molecular flexibility index (Phi) is 3.68. The van der Waals surface area contributed by atoms with Crippen LogP contribution >= 0.6 is 0 Å². The Morgan fingerprint density at radius 3 is 2.62 bits per heavy atom. The molecule has 1 aliphatic heterocycles. The third kappa shape index (κ3) is 3.23. The standard InChI is InChI=1S/C10H21NOSi/c1-11-7-4-5-9-13(2,3)10(12)6-8-11/h4-9H2,1-3H3. The van der Waals surface area contributed by atoms with Gasteiger partial charge in [-0.15, -0.1) is 0 Å². The highest BCUT2D eigenvalue weighted by Gasteiger charge is 2.29. The van der Waals surface area contributed by atoms with E-state index in [1.165, 1.54) is 18.9 Å². The summed E-state index contributed by atoms with van der Waals surface area (Å²) in [6.07, 6.45) is 3.30. The van der Waals surface area contributed by atoms with Gasteiger partial charge in [-0.05, 0) is 20.0 Å². The lowest BCUT2D eigenvalue weighted by Crippen LogP contribution is -2.38. The van der Waals surface area contributed by atoms with Gasteiger partial charge in [-0.2, -0.15) is 0 Å². The topological polar surface area (TPSA) is 20.3 Å². The molecule has 0 aliphatic carbocycles. The lowest BCUT2D eigenvalue weighted by Gasteiger charge is -2.19. The fourth-order valence-electron chi connectivity index (χ4n) is 1.83. The van der Waals surface area contributed by atoms with Crippen molar-refractivity contribution in [3.05, 3.63) is 0 Å².